The number of halogens is 1. The first-order chi connectivity index (χ1) is 11.6. The highest BCUT2D eigenvalue weighted by Gasteiger charge is 2.51. The maximum Gasteiger partial charge on any atom is 0.231 e. The molecular weight excluding hydrogens is 322 g/mol. The molecule has 0 bridgehead atoms. The molecule has 1 aliphatic rings. The van der Waals surface area contributed by atoms with Crippen molar-refractivity contribution in [2.24, 2.45) is 0 Å². The Balaban J connectivity index is 1.54. The predicted octanol–water partition coefficient (Wildman–Crippen LogP) is 4.13. The number of nitrogens with zero attached hydrogens (tertiary/aromatic N) is 1. The number of rotatable bonds is 4. The molecule has 4 nitrogen and oxygen atoms in total. The minimum Gasteiger partial charge on any atom is -0.346 e. The second kappa shape index (κ2) is 5.64. The van der Waals surface area contributed by atoms with Crippen molar-refractivity contribution in [2.45, 2.75) is 31.2 Å². The van der Waals surface area contributed by atoms with Crippen molar-refractivity contribution in [1.29, 1.82) is 0 Å². The topological polar surface area (TPSA) is 57.8 Å². The van der Waals surface area contributed by atoms with Gasteiger partial charge >= 0.3 is 0 Å². The lowest BCUT2D eigenvalue weighted by atomic mass is 9.94. The molecule has 1 aromatic heterocycles. The van der Waals surface area contributed by atoms with Gasteiger partial charge in [0.05, 0.1) is 22.5 Å². The van der Waals surface area contributed by atoms with E-state index in [-0.39, 0.29) is 11.9 Å². The summed E-state index contributed by atoms with van der Waals surface area (Å²) in [5.74, 6) is 0.828. The highest BCUT2D eigenvalue weighted by atomic mass is 35.5. The van der Waals surface area contributed by atoms with Gasteiger partial charge in [-0.2, -0.15) is 0 Å². The number of benzene rings is 2. The monoisotopic (exact) mass is 339 g/mol. The van der Waals surface area contributed by atoms with Gasteiger partial charge in [-0.1, -0.05) is 35.9 Å². The molecule has 1 saturated carbocycles. The van der Waals surface area contributed by atoms with Crippen LogP contribution in [0, 0.1) is 0 Å². The molecule has 0 saturated heterocycles. The minimum absolute atomic E-state index is 0.0535. The number of H-pyrrole nitrogens is 1. The number of hydrogen-bond acceptors (Lipinski definition) is 2. The molecule has 1 fully saturated rings. The van der Waals surface area contributed by atoms with Gasteiger partial charge < -0.3 is 10.3 Å². The number of carbonyl (C=O) groups excluding carboxylic acids is 1. The van der Waals surface area contributed by atoms with E-state index in [1.807, 2.05) is 55.5 Å². The molecule has 0 aliphatic heterocycles. The Morgan fingerprint density at radius 2 is 1.92 bits per heavy atom. The molecule has 2 N–H and O–H groups in total. The van der Waals surface area contributed by atoms with Crippen LogP contribution in [0.5, 0.6) is 0 Å². The Morgan fingerprint density at radius 3 is 2.58 bits per heavy atom. The van der Waals surface area contributed by atoms with Gasteiger partial charge in [0.1, 0.15) is 5.82 Å². The third kappa shape index (κ3) is 2.57. The normalized spacial score (nSPS) is 16.8. The summed E-state index contributed by atoms with van der Waals surface area (Å²) in [5.41, 5.74) is 2.51. The first-order valence-electron chi connectivity index (χ1n) is 8.10. The van der Waals surface area contributed by atoms with Crippen LogP contribution in [0.15, 0.2) is 48.5 Å². The van der Waals surface area contributed by atoms with Crippen molar-refractivity contribution >= 4 is 28.5 Å². The number of amides is 1. The van der Waals surface area contributed by atoms with Crippen molar-refractivity contribution < 1.29 is 4.79 Å². The standard InChI is InChI=1S/C19H18ClN3O/c1-12(17-22-15-4-2-3-5-16(15)23-17)21-18(24)19(10-11-19)13-6-8-14(20)9-7-13/h2-9,12H,10-11H2,1H3,(H,21,24)(H,22,23)/t12-/m1/s1. The van der Waals surface area contributed by atoms with Crippen LogP contribution in [0.25, 0.3) is 11.0 Å². The first-order valence-corrected chi connectivity index (χ1v) is 8.48. The zero-order chi connectivity index (χ0) is 16.7. The van der Waals surface area contributed by atoms with E-state index in [2.05, 4.69) is 15.3 Å². The van der Waals surface area contributed by atoms with E-state index in [4.69, 9.17) is 11.6 Å². The summed E-state index contributed by atoms with van der Waals surface area (Å²) in [6.45, 7) is 1.95. The third-order valence-corrected chi connectivity index (χ3v) is 5.00. The van der Waals surface area contributed by atoms with Crippen LogP contribution >= 0.6 is 11.6 Å². The van der Waals surface area contributed by atoms with Crippen molar-refractivity contribution in [3.05, 3.63) is 64.9 Å². The second-order valence-electron chi connectivity index (χ2n) is 6.42. The zero-order valence-electron chi connectivity index (χ0n) is 13.3. The van der Waals surface area contributed by atoms with Crippen LogP contribution < -0.4 is 5.32 Å². The lowest BCUT2D eigenvalue weighted by Crippen LogP contribution is -2.36. The predicted molar refractivity (Wildman–Crippen MR) is 95.0 cm³/mol. The van der Waals surface area contributed by atoms with E-state index >= 15 is 0 Å². The van der Waals surface area contributed by atoms with Crippen molar-refractivity contribution in [3.63, 3.8) is 0 Å². The summed E-state index contributed by atoms with van der Waals surface area (Å²) < 4.78 is 0. The number of carbonyl (C=O) groups is 1. The average molecular weight is 340 g/mol. The number of imidazole rings is 1. The van der Waals surface area contributed by atoms with E-state index in [0.717, 1.165) is 35.3 Å². The van der Waals surface area contributed by atoms with Crippen LogP contribution in [-0.2, 0) is 10.2 Å². The average Bonchev–Trinajstić information content (AvgIpc) is 3.28. The van der Waals surface area contributed by atoms with Crippen LogP contribution in [0.1, 0.15) is 37.2 Å². The summed E-state index contributed by atoms with van der Waals surface area (Å²) in [5, 5.41) is 3.79. The summed E-state index contributed by atoms with van der Waals surface area (Å²) in [6, 6.07) is 15.3. The molecule has 0 radical (unpaired) electrons. The Labute approximate surface area is 145 Å². The summed E-state index contributed by atoms with van der Waals surface area (Å²) in [6.07, 6.45) is 1.74. The Kier molecular flexibility index (Phi) is 3.57. The Morgan fingerprint density at radius 1 is 1.21 bits per heavy atom. The fourth-order valence-corrected chi connectivity index (χ4v) is 3.25. The fourth-order valence-electron chi connectivity index (χ4n) is 3.12. The number of hydrogen-bond donors (Lipinski definition) is 2. The van der Waals surface area contributed by atoms with Gasteiger partial charge in [0.25, 0.3) is 0 Å². The zero-order valence-corrected chi connectivity index (χ0v) is 14.1. The maximum atomic E-state index is 12.8. The van der Waals surface area contributed by atoms with E-state index in [1.54, 1.807) is 0 Å². The number of aromatic amines is 1. The van der Waals surface area contributed by atoms with Gasteiger partial charge in [0.15, 0.2) is 0 Å². The lowest BCUT2D eigenvalue weighted by Gasteiger charge is -2.19. The van der Waals surface area contributed by atoms with Gasteiger partial charge in [-0.3, -0.25) is 4.79 Å². The summed E-state index contributed by atoms with van der Waals surface area (Å²) in [4.78, 5) is 20.7. The van der Waals surface area contributed by atoms with Gasteiger partial charge in [-0.25, -0.2) is 4.98 Å². The fraction of sp³-hybridized carbons (Fsp3) is 0.263. The van der Waals surface area contributed by atoms with Crippen molar-refractivity contribution in [2.75, 3.05) is 0 Å². The van der Waals surface area contributed by atoms with Crippen molar-refractivity contribution in [3.8, 4) is 0 Å². The number of para-hydroxylation sites is 2. The Hall–Kier alpha value is -2.33. The molecule has 1 aliphatic carbocycles. The molecule has 1 amide bonds. The molecule has 122 valence electrons. The van der Waals surface area contributed by atoms with Crippen LogP contribution in [0.2, 0.25) is 5.02 Å². The molecule has 1 atom stereocenters. The Bertz CT molecular complexity index is 863. The third-order valence-electron chi connectivity index (χ3n) is 4.75. The SMILES string of the molecule is C[C@@H](NC(=O)C1(c2ccc(Cl)cc2)CC1)c1nc2ccccc2[nH]1. The first kappa shape index (κ1) is 15.2. The lowest BCUT2D eigenvalue weighted by molar-refractivity contribution is -0.124. The van der Waals surface area contributed by atoms with E-state index in [9.17, 15) is 4.79 Å². The second-order valence-corrected chi connectivity index (χ2v) is 6.86. The molecule has 24 heavy (non-hydrogen) atoms. The maximum absolute atomic E-state index is 12.8. The molecule has 4 rings (SSSR count). The van der Waals surface area contributed by atoms with Gasteiger partial charge in [-0.15, -0.1) is 0 Å². The van der Waals surface area contributed by atoms with E-state index in [0.29, 0.717) is 5.02 Å². The van der Waals surface area contributed by atoms with E-state index in [1.165, 1.54) is 0 Å². The number of aromatic nitrogens is 2. The van der Waals surface area contributed by atoms with Gasteiger partial charge in [0.2, 0.25) is 5.91 Å². The summed E-state index contributed by atoms with van der Waals surface area (Å²) in [7, 11) is 0. The molecule has 0 spiro atoms. The smallest absolute Gasteiger partial charge is 0.231 e. The molecule has 2 aromatic carbocycles. The van der Waals surface area contributed by atoms with Crippen molar-refractivity contribution in [1.82, 2.24) is 15.3 Å². The quantitative estimate of drug-likeness (QED) is 0.751. The number of fused-ring (bicyclic) bond motifs is 1. The van der Waals surface area contributed by atoms with E-state index < -0.39 is 5.41 Å². The molecule has 0 unspecified atom stereocenters. The molecular formula is C19H18ClN3O. The van der Waals surface area contributed by atoms with Crippen LogP contribution in [0.3, 0.4) is 0 Å². The highest BCUT2D eigenvalue weighted by molar-refractivity contribution is 6.30. The molecule has 3 aromatic rings. The molecule has 1 heterocycles. The minimum atomic E-state index is -0.412. The molecule has 5 heteroatoms. The summed E-state index contributed by atoms with van der Waals surface area (Å²) >= 11 is 5.95. The number of nitrogens with one attached hydrogen (secondary N) is 2. The largest absolute Gasteiger partial charge is 0.346 e. The van der Waals surface area contributed by atoms with Crippen LogP contribution in [-0.4, -0.2) is 15.9 Å². The van der Waals surface area contributed by atoms with Crippen LogP contribution in [0.4, 0.5) is 0 Å². The highest BCUT2D eigenvalue weighted by Crippen LogP contribution is 2.48. The van der Waals surface area contributed by atoms with Gasteiger partial charge in [-0.05, 0) is 49.6 Å². The van der Waals surface area contributed by atoms with Gasteiger partial charge in [0, 0.05) is 5.02 Å².